The Hall–Kier alpha value is -2.37. The summed E-state index contributed by atoms with van der Waals surface area (Å²) in [4.78, 5) is 18.0. The van der Waals surface area contributed by atoms with Crippen LogP contribution in [-0.4, -0.2) is 21.2 Å². The quantitative estimate of drug-likeness (QED) is 0.780. The molecule has 0 aliphatic carbocycles. The van der Waals surface area contributed by atoms with Gasteiger partial charge in [0, 0.05) is 11.8 Å². The second-order valence-electron chi connectivity index (χ2n) is 2.73. The SMILES string of the molecule is O=C(O)Nc1cc(-c2cnco2)ccn1. The molecule has 2 N–H and O–H groups in total. The van der Waals surface area contributed by atoms with Gasteiger partial charge in [0.1, 0.15) is 5.82 Å². The largest absolute Gasteiger partial charge is 0.465 e. The fourth-order valence-corrected chi connectivity index (χ4v) is 1.12. The zero-order chi connectivity index (χ0) is 10.7. The van der Waals surface area contributed by atoms with Gasteiger partial charge in [0.05, 0.1) is 6.20 Å². The number of carboxylic acid groups (broad SMARTS) is 1. The number of carbonyl (C=O) groups is 1. The molecule has 0 bridgehead atoms. The van der Waals surface area contributed by atoms with Crippen molar-refractivity contribution in [2.24, 2.45) is 0 Å². The Kier molecular flexibility index (Phi) is 2.32. The van der Waals surface area contributed by atoms with Crippen LogP contribution < -0.4 is 5.32 Å². The third-order valence-electron chi connectivity index (χ3n) is 1.71. The van der Waals surface area contributed by atoms with Gasteiger partial charge < -0.3 is 9.52 Å². The van der Waals surface area contributed by atoms with Gasteiger partial charge in [-0.2, -0.15) is 0 Å². The van der Waals surface area contributed by atoms with E-state index in [1.54, 1.807) is 18.3 Å². The predicted octanol–water partition coefficient (Wildman–Crippen LogP) is 1.83. The summed E-state index contributed by atoms with van der Waals surface area (Å²) in [5.41, 5.74) is 0.714. The highest BCUT2D eigenvalue weighted by molar-refractivity contribution is 5.82. The maximum Gasteiger partial charge on any atom is 0.410 e. The second-order valence-corrected chi connectivity index (χ2v) is 2.73. The number of anilines is 1. The van der Waals surface area contributed by atoms with Crippen molar-refractivity contribution in [2.45, 2.75) is 0 Å². The number of rotatable bonds is 2. The summed E-state index contributed by atoms with van der Waals surface area (Å²) in [6, 6.07) is 3.27. The fraction of sp³-hybridized carbons (Fsp3) is 0. The molecular weight excluding hydrogens is 198 g/mol. The monoisotopic (exact) mass is 205 g/mol. The van der Waals surface area contributed by atoms with Gasteiger partial charge in [0.25, 0.3) is 0 Å². The Labute approximate surface area is 84.6 Å². The Morgan fingerprint density at radius 2 is 2.40 bits per heavy atom. The van der Waals surface area contributed by atoms with Crippen molar-refractivity contribution in [3.8, 4) is 11.3 Å². The first kappa shape index (κ1) is 9.20. The molecule has 0 atom stereocenters. The summed E-state index contributed by atoms with van der Waals surface area (Å²) in [7, 11) is 0. The van der Waals surface area contributed by atoms with Crippen LogP contribution in [0.1, 0.15) is 0 Å². The van der Waals surface area contributed by atoms with Crippen LogP contribution in [0.4, 0.5) is 10.6 Å². The number of hydrogen-bond donors (Lipinski definition) is 2. The number of hydrogen-bond acceptors (Lipinski definition) is 4. The highest BCUT2D eigenvalue weighted by Crippen LogP contribution is 2.20. The lowest BCUT2D eigenvalue weighted by atomic mass is 10.2. The number of pyridine rings is 1. The van der Waals surface area contributed by atoms with Crippen LogP contribution in [0.25, 0.3) is 11.3 Å². The third kappa shape index (κ3) is 2.11. The van der Waals surface area contributed by atoms with Gasteiger partial charge in [-0.05, 0) is 12.1 Å². The Bertz CT molecular complexity index is 467. The Morgan fingerprint density at radius 1 is 1.53 bits per heavy atom. The van der Waals surface area contributed by atoms with Crippen LogP contribution in [0, 0.1) is 0 Å². The topological polar surface area (TPSA) is 88.2 Å². The van der Waals surface area contributed by atoms with Crippen molar-refractivity contribution >= 4 is 11.9 Å². The minimum Gasteiger partial charge on any atom is -0.465 e. The van der Waals surface area contributed by atoms with Crippen molar-refractivity contribution in [2.75, 3.05) is 5.32 Å². The van der Waals surface area contributed by atoms with Gasteiger partial charge >= 0.3 is 6.09 Å². The molecule has 2 rings (SSSR count). The standard InChI is InChI=1S/C9H7N3O3/c13-9(14)12-8-3-6(1-2-11-8)7-4-10-5-15-7/h1-5H,(H,11,12)(H,13,14). The van der Waals surface area contributed by atoms with Crippen LogP contribution >= 0.6 is 0 Å². The minimum absolute atomic E-state index is 0.247. The molecule has 6 nitrogen and oxygen atoms in total. The number of amides is 1. The Morgan fingerprint density at radius 3 is 3.07 bits per heavy atom. The number of nitrogens with one attached hydrogen (secondary N) is 1. The van der Waals surface area contributed by atoms with E-state index in [2.05, 4.69) is 15.3 Å². The van der Waals surface area contributed by atoms with Crippen LogP contribution in [0.2, 0.25) is 0 Å². The van der Waals surface area contributed by atoms with E-state index in [9.17, 15) is 4.79 Å². The summed E-state index contributed by atoms with van der Waals surface area (Å²) >= 11 is 0. The van der Waals surface area contributed by atoms with Gasteiger partial charge in [-0.25, -0.2) is 14.8 Å². The third-order valence-corrected chi connectivity index (χ3v) is 1.71. The highest BCUT2D eigenvalue weighted by atomic mass is 16.4. The number of aromatic nitrogens is 2. The molecule has 0 radical (unpaired) electrons. The van der Waals surface area contributed by atoms with Crippen molar-refractivity contribution in [3.05, 3.63) is 30.9 Å². The average molecular weight is 205 g/mol. The summed E-state index contributed by atoms with van der Waals surface area (Å²) in [6.45, 7) is 0. The molecule has 76 valence electrons. The van der Waals surface area contributed by atoms with Gasteiger partial charge in [-0.15, -0.1) is 0 Å². The zero-order valence-corrected chi connectivity index (χ0v) is 7.54. The molecule has 0 aromatic carbocycles. The van der Waals surface area contributed by atoms with E-state index in [-0.39, 0.29) is 5.82 Å². The van der Waals surface area contributed by atoms with Gasteiger partial charge in [-0.3, -0.25) is 5.32 Å². The van der Waals surface area contributed by atoms with Gasteiger partial charge in [0.15, 0.2) is 12.2 Å². The molecule has 2 aromatic rings. The smallest absolute Gasteiger partial charge is 0.410 e. The first-order valence-corrected chi connectivity index (χ1v) is 4.10. The van der Waals surface area contributed by atoms with E-state index in [1.807, 2.05) is 0 Å². The molecule has 0 aliphatic heterocycles. The van der Waals surface area contributed by atoms with Crippen molar-refractivity contribution in [3.63, 3.8) is 0 Å². The van der Waals surface area contributed by atoms with Crippen LogP contribution in [-0.2, 0) is 0 Å². The lowest BCUT2D eigenvalue weighted by Gasteiger charge is -2.00. The molecule has 0 spiro atoms. The van der Waals surface area contributed by atoms with E-state index in [0.29, 0.717) is 11.3 Å². The van der Waals surface area contributed by atoms with Crippen LogP contribution in [0.5, 0.6) is 0 Å². The number of nitrogens with zero attached hydrogens (tertiary/aromatic N) is 2. The molecule has 1 amide bonds. The highest BCUT2D eigenvalue weighted by Gasteiger charge is 2.04. The molecule has 2 aromatic heterocycles. The molecular formula is C9H7N3O3. The van der Waals surface area contributed by atoms with Crippen molar-refractivity contribution < 1.29 is 14.3 Å². The lowest BCUT2D eigenvalue weighted by Crippen LogP contribution is -2.08. The lowest BCUT2D eigenvalue weighted by molar-refractivity contribution is 0.209. The van der Waals surface area contributed by atoms with Crippen LogP contribution in [0.15, 0.2) is 35.3 Å². The maximum absolute atomic E-state index is 10.4. The average Bonchev–Trinajstić information content (AvgIpc) is 2.69. The molecule has 0 unspecified atom stereocenters. The minimum atomic E-state index is -1.16. The number of oxazole rings is 1. The molecule has 0 aliphatic rings. The summed E-state index contributed by atoms with van der Waals surface area (Å²) in [6.07, 6.45) is 3.18. The zero-order valence-electron chi connectivity index (χ0n) is 7.54. The molecule has 2 heterocycles. The van der Waals surface area contributed by atoms with E-state index >= 15 is 0 Å². The van der Waals surface area contributed by atoms with E-state index in [0.717, 1.165) is 0 Å². The first-order chi connectivity index (χ1) is 7.25. The normalized spacial score (nSPS) is 9.87. The fourth-order valence-electron chi connectivity index (χ4n) is 1.12. The van der Waals surface area contributed by atoms with Gasteiger partial charge in [0.2, 0.25) is 0 Å². The summed E-state index contributed by atoms with van der Waals surface area (Å²) in [5.74, 6) is 0.808. The molecule has 0 saturated heterocycles. The predicted molar refractivity (Wildman–Crippen MR) is 51.4 cm³/mol. The maximum atomic E-state index is 10.4. The van der Waals surface area contributed by atoms with Crippen molar-refractivity contribution in [1.82, 2.24) is 9.97 Å². The second kappa shape index (κ2) is 3.79. The first-order valence-electron chi connectivity index (χ1n) is 4.10. The molecule has 0 fully saturated rings. The van der Waals surface area contributed by atoms with E-state index in [1.165, 1.54) is 12.6 Å². The van der Waals surface area contributed by atoms with Crippen molar-refractivity contribution in [1.29, 1.82) is 0 Å². The summed E-state index contributed by atoms with van der Waals surface area (Å²) in [5, 5.41) is 10.7. The van der Waals surface area contributed by atoms with E-state index in [4.69, 9.17) is 9.52 Å². The van der Waals surface area contributed by atoms with Gasteiger partial charge in [-0.1, -0.05) is 0 Å². The molecule has 6 heteroatoms. The summed E-state index contributed by atoms with van der Waals surface area (Å²) < 4.78 is 5.07. The molecule has 15 heavy (non-hydrogen) atoms. The van der Waals surface area contributed by atoms with Crippen LogP contribution in [0.3, 0.4) is 0 Å². The van der Waals surface area contributed by atoms with E-state index < -0.39 is 6.09 Å². The Balaban J connectivity index is 2.31. The molecule has 0 saturated carbocycles.